The molecule has 1 aromatic heterocycles. The van der Waals surface area contributed by atoms with E-state index in [4.69, 9.17) is 25.6 Å². The fourth-order valence-electron chi connectivity index (χ4n) is 2.48. The van der Waals surface area contributed by atoms with Gasteiger partial charge in [0.25, 0.3) is 0 Å². The molecule has 0 unspecified atom stereocenters. The van der Waals surface area contributed by atoms with Gasteiger partial charge >= 0.3 is 0 Å². The Morgan fingerprint density at radius 1 is 1.15 bits per heavy atom. The Kier molecular flexibility index (Phi) is 5.93. The number of amides is 1. The summed E-state index contributed by atoms with van der Waals surface area (Å²) in [4.78, 5) is 16.5. The molecule has 0 radical (unpaired) electrons. The molecule has 0 aliphatic heterocycles. The highest BCUT2D eigenvalue weighted by molar-refractivity contribution is 6.32. The van der Waals surface area contributed by atoms with Gasteiger partial charge in [-0.25, -0.2) is 0 Å². The number of nitrogens with zero attached hydrogens (tertiary/aromatic N) is 2. The number of methoxy groups -OCH3 is 2. The first-order valence-corrected chi connectivity index (χ1v) is 8.58. The molecule has 0 spiro atoms. The zero-order valence-corrected chi connectivity index (χ0v) is 15.6. The predicted octanol–water partition coefficient (Wildman–Crippen LogP) is 3.98. The van der Waals surface area contributed by atoms with Crippen LogP contribution in [0.1, 0.15) is 12.3 Å². The Bertz CT molecular complexity index is 942. The van der Waals surface area contributed by atoms with Crippen LogP contribution in [0.4, 0.5) is 5.69 Å². The van der Waals surface area contributed by atoms with Gasteiger partial charge in [-0.05, 0) is 30.3 Å². The minimum atomic E-state index is -0.187. The van der Waals surface area contributed by atoms with Crippen molar-refractivity contribution in [2.24, 2.45) is 0 Å². The number of ether oxygens (including phenoxy) is 2. The van der Waals surface area contributed by atoms with Crippen molar-refractivity contribution in [3.05, 3.63) is 53.4 Å². The van der Waals surface area contributed by atoms with E-state index in [1.54, 1.807) is 25.3 Å². The Balaban J connectivity index is 1.60. The van der Waals surface area contributed by atoms with E-state index >= 15 is 0 Å². The van der Waals surface area contributed by atoms with Crippen LogP contribution in [0.5, 0.6) is 11.5 Å². The molecule has 8 heteroatoms. The molecule has 140 valence electrons. The summed E-state index contributed by atoms with van der Waals surface area (Å²) in [5.41, 5.74) is 1.32. The zero-order valence-electron chi connectivity index (χ0n) is 14.9. The maximum absolute atomic E-state index is 12.1. The smallest absolute Gasteiger partial charge is 0.227 e. The highest BCUT2D eigenvalue weighted by Gasteiger charge is 2.14. The summed E-state index contributed by atoms with van der Waals surface area (Å²) in [6.07, 6.45) is 0.509. The molecule has 0 bridgehead atoms. The summed E-state index contributed by atoms with van der Waals surface area (Å²) >= 11 is 6.05. The third-order valence-corrected chi connectivity index (χ3v) is 4.11. The number of halogens is 1. The van der Waals surface area contributed by atoms with Crippen molar-refractivity contribution in [1.82, 2.24) is 10.1 Å². The third kappa shape index (κ3) is 4.57. The Labute approximate surface area is 161 Å². The number of aryl methyl sites for hydroxylation is 1. The van der Waals surface area contributed by atoms with Gasteiger partial charge in [0.15, 0.2) is 0 Å². The van der Waals surface area contributed by atoms with Gasteiger partial charge < -0.3 is 19.3 Å². The molecule has 0 saturated carbocycles. The maximum Gasteiger partial charge on any atom is 0.227 e. The molecule has 1 amide bonds. The van der Waals surface area contributed by atoms with E-state index in [9.17, 15) is 4.79 Å². The van der Waals surface area contributed by atoms with E-state index in [0.29, 0.717) is 40.3 Å². The predicted molar refractivity (Wildman–Crippen MR) is 101 cm³/mol. The van der Waals surface area contributed by atoms with Crippen LogP contribution in [0.15, 0.2) is 47.0 Å². The second kappa shape index (κ2) is 8.55. The summed E-state index contributed by atoms with van der Waals surface area (Å²) in [5, 5.41) is 7.16. The van der Waals surface area contributed by atoms with Crippen LogP contribution >= 0.6 is 11.6 Å². The summed E-state index contributed by atoms with van der Waals surface area (Å²) in [6.45, 7) is 0. The average Bonchev–Trinajstić information content (AvgIpc) is 3.15. The number of carbonyl (C=O) groups is 1. The van der Waals surface area contributed by atoms with Crippen LogP contribution in [0.2, 0.25) is 5.02 Å². The molecule has 27 heavy (non-hydrogen) atoms. The van der Waals surface area contributed by atoms with Crippen molar-refractivity contribution in [3.63, 3.8) is 0 Å². The number of nitrogens with one attached hydrogen (secondary N) is 1. The van der Waals surface area contributed by atoms with Crippen molar-refractivity contribution < 1.29 is 18.8 Å². The van der Waals surface area contributed by atoms with Crippen LogP contribution in [-0.2, 0) is 11.2 Å². The number of rotatable bonds is 7. The Morgan fingerprint density at radius 3 is 2.67 bits per heavy atom. The number of para-hydroxylation sites is 1. The lowest BCUT2D eigenvalue weighted by molar-refractivity contribution is -0.116. The van der Waals surface area contributed by atoms with Gasteiger partial charge in [0.05, 0.1) is 24.8 Å². The first kappa shape index (κ1) is 18.7. The van der Waals surface area contributed by atoms with Crippen LogP contribution in [0.25, 0.3) is 11.4 Å². The van der Waals surface area contributed by atoms with Gasteiger partial charge in [0, 0.05) is 18.5 Å². The third-order valence-electron chi connectivity index (χ3n) is 3.82. The number of aromatic nitrogens is 2. The average molecular weight is 388 g/mol. The van der Waals surface area contributed by atoms with Gasteiger partial charge in [-0.1, -0.05) is 28.9 Å². The lowest BCUT2D eigenvalue weighted by atomic mass is 10.2. The van der Waals surface area contributed by atoms with Gasteiger partial charge in [-0.2, -0.15) is 4.98 Å². The molecule has 1 heterocycles. The second-order valence-corrected chi connectivity index (χ2v) is 6.02. The summed E-state index contributed by atoms with van der Waals surface area (Å²) in [5.74, 6) is 1.81. The van der Waals surface area contributed by atoms with Crippen molar-refractivity contribution in [2.45, 2.75) is 12.8 Å². The lowest BCUT2D eigenvalue weighted by Crippen LogP contribution is -2.12. The highest BCUT2D eigenvalue weighted by Crippen LogP contribution is 2.28. The van der Waals surface area contributed by atoms with Gasteiger partial charge in [-0.3, -0.25) is 4.79 Å². The fraction of sp³-hybridized carbons (Fsp3) is 0.211. The molecule has 7 nitrogen and oxygen atoms in total. The topological polar surface area (TPSA) is 86.5 Å². The fourth-order valence-corrected chi connectivity index (χ4v) is 2.74. The van der Waals surface area contributed by atoms with Gasteiger partial charge in [-0.15, -0.1) is 0 Å². The molecular formula is C19H18ClN3O4. The van der Waals surface area contributed by atoms with Crippen molar-refractivity contribution in [3.8, 4) is 22.9 Å². The molecule has 0 saturated heterocycles. The van der Waals surface area contributed by atoms with E-state index in [1.165, 1.54) is 7.11 Å². The van der Waals surface area contributed by atoms with E-state index in [0.717, 1.165) is 5.56 Å². The maximum atomic E-state index is 12.1. The van der Waals surface area contributed by atoms with E-state index in [1.807, 2.05) is 24.3 Å². The summed E-state index contributed by atoms with van der Waals surface area (Å²) < 4.78 is 15.6. The van der Waals surface area contributed by atoms with E-state index < -0.39 is 0 Å². The molecule has 0 aliphatic rings. The minimum absolute atomic E-state index is 0.187. The van der Waals surface area contributed by atoms with E-state index in [2.05, 4.69) is 15.5 Å². The number of hydrogen-bond acceptors (Lipinski definition) is 6. The van der Waals surface area contributed by atoms with Crippen LogP contribution < -0.4 is 14.8 Å². The molecule has 0 atom stereocenters. The molecule has 3 aromatic rings. The first-order chi connectivity index (χ1) is 13.1. The Hall–Kier alpha value is -3.06. The molecular weight excluding hydrogens is 370 g/mol. The summed E-state index contributed by atoms with van der Waals surface area (Å²) in [7, 11) is 3.11. The molecule has 0 aliphatic carbocycles. The standard InChI is InChI=1S/C19H18ClN3O4/c1-25-15-6-4-3-5-13(15)19-22-18(27-23-19)10-9-17(24)21-12-7-8-16(26-2)14(20)11-12/h3-8,11H,9-10H2,1-2H3,(H,21,24). The van der Waals surface area contributed by atoms with Gasteiger partial charge in [0.1, 0.15) is 11.5 Å². The van der Waals surface area contributed by atoms with Crippen molar-refractivity contribution >= 4 is 23.2 Å². The normalized spacial score (nSPS) is 10.5. The largest absolute Gasteiger partial charge is 0.496 e. The van der Waals surface area contributed by atoms with E-state index in [-0.39, 0.29) is 12.3 Å². The van der Waals surface area contributed by atoms with Crippen LogP contribution in [0.3, 0.4) is 0 Å². The highest BCUT2D eigenvalue weighted by atomic mass is 35.5. The van der Waals surface area contributed by atoms with Crippen LogP contribution in [-0.4, -0.2) is 30.3 Å². The zero-order chi connectivity index (χ0) is 19.2. The number of anilines is 1. The first-order valence-electron chi connectivity index (χ1n) is 8.20. The monoisotopic (exact) mass is 387 g/mol. The number of benzene rings is 2. The second-order valence-electron chi connectivity index (χ2n) is 5.61. The molecule has 3 rings (SSSR count). The molecule has 1 N–H and O–H groups in total. The minimum Gasteiger partial charge on any atom is -0.496 e. The van der Waals surface area contributed by atoms with Gasteiger partial charge in [0.2, 0.25) is 17.6 Å². The number of hydrogen-bond donors (Lipinski definition) is 1. The Morgan fingerprint density at radius 2 is 1.93 bits per heavy atom. The van der Waals surface area contributed by atoms with Crippen molar-refractivity contribution in [2.75, 3.05) is 19.5 Å². The number of carbonyl (C=O) groups excluding carboxylic acids is 1. The SMILES string of the molecule is COc1ccc(NC(=O)CCc2nc(-c3ccccc3OC)no2)cc1Cl. The van der Waals surface area contributed by atoms with Crippen LogP contribution in [0, 0.1) is 0 Å². The molecule has 0 fully saturated rings. The molecule has 2 aromatic carbocycles. The summed E-state index contributed by atoms with van der Waals surface area (Å²) in [6, 6.07) is 12.4. The van der Waals surface area contributed by atoms with Crippen molar-refractivity contribution in [1.29, 1.82) is 0 Å². The quantitative estimate of drug-likeness (QED) is 0.659. The lowest BCUT2D eigenvalue weighted by Gasteiger charge is -2.07.